The highest BCUT2D eigenvalue weighted by atomic mass is 16.4. The van der Waals surface area contributed by atoms with Gasteiger partial charge in [0.25, 0.3) is 0 Å². The minimum atomic E-state index is 0.0899. The molecule has 0 fully saturated rings. The van der Waals surface area contributed by atoms with Crippen molar-refractivity contribution in [1.82, 2.24) is 10.2 Å². The molecule has 1 rings (SSSR count). The van der Waals surface area contributed by atoms with Crippen molar-refractivity contribution < 1.29 is 4.42 Å². The van der Waals surface area contributed by atoms with E-state index in [1.165, 1.54) is 51.4 Å². The first-order valence-corrected chi connectivity index (χ1v) is 8.05. The number of rotatable bonds is 11. The average Bonchev–Trinajstić information content (AvgIpc) is 2.94. The predicted octanol–water partition coefficient (Wildman–Crippen LogP) is 4.97. The lowest BCUT2D eigenvalue weighted by Gasteiger charge is -2.12. The van der Waals surface area contributed by atoms with Gasteiger partial charge >= 0.3 is 5.89 Å². The van der Waals surface area contributed by atoms with E-state index in [0.29, 0.717) is 11.8 Å². The van der Waals surface area contributed by atoms with E-state index in [9.17, 15) is 0 Å². The topological polar surface area (TPSA) is 62.7 Å². The molecule has 0 bridgehead atoms. The van der Waals surface area contributed by atoms with Crippen molar-refractivity contribution in [3.8, 4) is 6.07 Å². The van der Waals surface area contributed by atoms with Crippen LogP contribution in [0.5, 0.6) is 0 Å². The van der Waals surface area contributed by atoms with Crippen molar-refractivity contribution >= 4 is 0 Å². The van der Waals surface area contributed by atoms with Crippen LogP contribution >= 0.6 is 0 Å². The van der Waals surface area contributed by atoms with Crippen LogP contribution < -0.4 is 0 Å². The van der Waals surface area contributed by atoms with Gasteiger partial charge in [0, 0.05) is 5.92 Å². The van der Waals surface area contributed by atoms with E-state index < -0.39 is 0 Å². The second kappa shape index (κ2) is 10.4. The molecule has 4 nitrogen and oxygen atoms in total. The van der Waals surface area contributed by atoms with E-state index in [1.54, 1.807) is 0 Å². The third kappa shape index (κ3) is 6.18. The first-order valence-electron chi connectivity index (χ1n) is 8.05. The molecule has 0 N–H and O–H groups in total. The Morgan fingerprint density at radius 1 is 0.950 bits per heavy atom. The Kier molecular flexibility index (Phi) is 8.69. The molecule has 112 valence electrons. The lowest BCUT2D eigenvalue weighted by Crippen LogP contribution is -2.00. The van der Waals surface area contributed by atoms with Crippen molar-refractivity contribution in [2.24, 2.45) is 0 Å². The molecular formula is C16H27N3O. The summed E-state index contributed by atoms with van der Waals surface area (Å²) in [6.45, 7) is 4.44. The lowest BCUT2D eigenvalue weighted by molar-refractivity contribution is 0.389. The van der Waals surface area contributed by atoms with E-state index in [2.05, 4.69) is 24.0 Å². The van der Waals surface area contributed by atoms with Crippen molar-refractivity contribution in [1.29, 1.82) is 5.26 Å². The third-order valence-electron chi connectivity index (χ3n) is 3.70. The summed E-state index contributed by atoms with van der Waals surface area (Å²) in [4.78, 5) is 0. The molecule has 0 aliphatic rings. The SMILES string of the molecule is CCCCCCC(CCCCCC)c1nnc(C#N)o1. The number of aromatic nitrogens is 2. The molecule has 1 aromatic rings. The second-order valence-corrected chi connectivity index (χ2v) is 5.45. The van der Waals surface area contributed by atoms with Gasteiger partial charge in [-0.2, -0.15) is 5.26 Å². The van der Waals surface area contributed by atoms with E-state index in [-0.39, 0.29) is 5.89 Å². The molecule has 20 heavy (non-hydrogen) atoms. The first kappa shape index (κ1) is 16.7. The van der Waals surface area contributed by atoms with Crippen LogP contribution in [0.3, 0.4) is 0 Å². The number of unbranched alkanes of at least 4 members (excludes halogenated alkanes) is 6. The Morgan fingerprint density at radius 3 is 2.00 bits per heavy atom. The molecule has 0 amide bonds. The third-order valence-corrected chi connectivity index (χ3v) is 3.70. The van der Waals surface area contributed by atoms with Gasteiger partial charge in [0.1, 0.15) is 0 Å². The van der Waals surface area contributed by atoms with Gasteiger partial charge in [0.2, 0.25) is 5.89 Å². The van der Waals surface area contributed by atoms with Crippen LogP contribution in [0.2, 0.25) is 0 Å². The molecule has 0 aliphatic carbocycles. The maximum atomic E-state index is 8.78. The summed E-state index contributed by atoms with van der Waals surface area (Å²) in [7, 11) is 0. The summed E-state index contributed by atoms with van der Waals surface area (Å²) in [6.07, 6.45) is 12.2. The van der Waals surface area contributed by atoms with Crippen molar-refractivity contribution in [2.45, 2.75) is 84.0 Å². The van der Waals surface area contributed by atoms with Gasteiger partial charge in [-0.3, -0.25) is 0 Å². The number of nitriles is 1. The highest BCUT2D eigenvalue weighted by Crippen LogP contribution is 2.27. The Bertz CT molecular complexity index is 383. The van der Waals surface area contributed by atoms with Crippen LogP contribution in [0.25, 0.3) is 0 Å². The normalized spacial score (nSPS) is 10.9. The molecule has 0 aliphatic heterocycles. The zero-order valence-corrected chi connectivity index (χ0v) is 12.9. The fourth-order valence-corrected chi connectivity index (χ4v) is 2.47. The first-order chi connectivity index (χ1) is 9.81. The maximum absolute atomic E-state index is 8.78. The molecule has 0 saturated heterocycles. The number of hydrogen-bond donors (Lipinski definition) is 0. The smallest absolute Gasteiger partial charge is 0.321 e. The summed E-state index contributed by atoms with van der Waals surface area (Å²) < 4.78 is 5.43. The Labute approximate surface area is 122 Å². The summed E-state index contributed by atoms with van der Waals surface area (Å²) in [5, 5.41) is 16.6. The zero-order chi connectivity index (χ0) is 14.6. The summed E-state index contributed by atoms with van der Waals surface area (Å²) in [5.74, 6) is 1.08. The highest BCUT2D eigenvalue weighted by molar-refractivity contribution is 5.04. The summed E-state index contributed by atoms with van der Waals surface area (Å²) in [5.41, 5.74) is 0. The molecule has 0 atom stereocenters. The minimum Gasteiger partial charge on any atom is -0.413 e. The van der Waals surface area contributed by atoms with E-state index >= 15 is 0 Å². The lowest BCUT2D eigenvalue weighted by atomic mass is 9.94. The Morgan fingerprint density at radius 2 is 1.55 bits per heavy atom. The molecule has 0 saturated carbocycles. The quantitative estimate of drug-likeness (QED) is 0.536. The largest absolute Gasteiger partial charge is 0.413 e. The monoisotopic (exact) mass is 277 g/mol. The van der Waals surface area contributed by atoms with Gasteiger partial charge in [-0.05, 0) is 12.8 Å². The zero-order valence-electron chi connectivity index (χ0n) is 12.9. The van der Waals surface area contributed by atoms with Crippen LogP contribution in [-0.2, 0) is 0 Å². The van der Waals surface area contributed by atoms with Crippen LogP contribution in [0.15, 0.2) is 4.42 Å². The van der Waals surface area contributed by atoms with Crippen LogP contribution in [-0.4, -0.2) is 10.2 Å². The van der Waals surface area contributed by atoms with Gasteiger partial charge in [-0.15, -0.1) is 5.10 Å². The van der Waals surface area contributed by atoms with Crippen LogP contribution in [0.4, 0.5) is 0 Å². The van der Waals surface area contributed by atoms with Crippen LogP contribution in [0, 0.1) is 11.3 Å². The van der Waals surface area contributed by atoms with Gasteiger partial charge in [-0.25, -0.2) is 0 Å². The van der Waals surface area contributed by atoms with Crippen molar-refractivity contribution in [3.63, 3.8) is 0 Å². The number of hydrogen-bond acceptors (Lipinski definition) is 4. The van der Waals surface area contributed by atoms with Crippen LogP contribution in [0.1, 0.15) is 95.8 Å². The van der Waals surface area contributed by atoms with Gasteiger partial charge in [-0.1, -0.05) is 70.3 Å². The fourth-order valence-electron chi connectivity index (χ4n) is 2.47. The Hall–Kier alpha value is -1.37. The molecule has 0 radical (unpaired) electrons. The molecule has 1 heterocycles. The highest BCUT2D eigenvalue weighted by Gasteiger charge is 2.18. The fraction of sp³-hybridized carbons (Fsp3) is 0.812. The average molecular weight is 277 g/mol. The second-order valence-electron chi connectivity index (χ2n) is 5.45. The van der Waals surface area contributed by atoms with Crippen molar-refractivity contribution in [2.75, 3.05) is 0 Å². The predicted molar refractivity (Wildman–Crippen MR) is 79.3 cm³/mol. The van der Waals surface area contributed by atoms with Gasteiger partial charge < -0.3 is 4.42 Å². The molecule has 0 aromatic carbocycles. The van der Waals surface area contributed by atoms with E-state index in [4.69, 9.17) is 9.68 Å². The minimum absolute atomic E-state index is 0.0899. The molecular weight excluding hydrogens is 250 g/mol. The molecule has 4 heteroatoms. The van der Waals surface area contributed by atoms with Gasteiger partial charge in [0.15, 0.2) is 6.07 Å². The maximum Gasteiger partial charge on any atom is 0.321 e. The Balaban J connectivity index is 2.47. The molecule has 0 unspecified atom stereocenters. The standard InChI is InChI=1S/C16H27N3O/c1-3-5-7-9-11-14(12-10-8-6-4-2)16-19-18-15(13-17)20-16/h14H,3-12H2,1-2H3. The summed E-state index contributed by atoms with van der Waals surface area (Å²) in [6, 6.07) is 1.91. The van der Waals surface area contributed by atoms with E-state index in [1.807, 2.05) is 6.07 Å². The van der Waals surface area contributed by atoms with Crippen molar-refractivity contribution in [3.05, 3.63) is 11.8 Å². The van der Waals surface area contributed by atoms with Gasteiger partial charge in [0.05, 0.1) is 0 Å². The molecule has 0 spiro atoms. The molecule has 1 aromatic heterocycles. The summed E-state index contributed by atoms with van der Waals surface area (Å²) >= 11 is 0. The van der Waals surface area contributed by atoms with E-state index in [0.717, 1.165) is 12.8 Å². The number of nitrogens with zero attached hydrogens (tertiary/aromatic N) is 3.